The second kappa shape index (κ2) is 9.83. The molecule has 0 fully saturated rings. The molecule has 0 aliphatic heterocycles. The number of hydrogen-bond acceptors (Lipinski definition) is 2. The second-order valence-electron chi connectivity index (χ2n) is 9.62. The van der Waals surface area contributed by atoms with Crippen LogP contribution in [0.4, 0.5) is 0 Å². The maximum atomic E-state index is 6.50. The van der Waals surface area contributed by atoms with Crippen molar-refractivity contribution in [1.29, 1.82) is 0 Å². The zero-order valence-electron chi connectivity index (χ0n) is 21.1. The predicted molar refractivity (Wildman–Crippen MR) is 164 cm³/mol. The molecule has 0 N–H and O–H groups in total. The smallest absolute Gasteiger partial charge is 0.218 e. The van der Waals surface area contributed by atoms with E-state index in [1.165, 1.54) is 21.5 Å². The van der Waals surface area contributed by atoms with Gasteiger partial charge in [0, 0.05) is 11.1 Å². The summed E-state index contributed by atoms with van der Waals surface area (Å²) in [7, 11) is 0. The Morgan fingerprint density at radius 1 is 0.385 bits per heavy atom. The Balaban J connectivity index is 1.30. The number of hydrogen-bond donors (Lipinski definition) is 0. The van der Waals surface area contributed by atoms with E-state index in [2.05, 4.69) is 113 Å². The van der Waals surface area contributed by atoms with Crippen LogP contribution in [0, 0.1) is 0 Å². The van der Waals surface area contributed by atoms with Gasteiger partial charge in [0.15, 0.2) is 0 Å². The Bertz CT molecular complexity index is 1980. The summed E-state index contributed by atoms with van der Waals surface area (Å²) in [5, 5.41) is 5.24. The lowest BCUT2D eigenvalue weighted by atomic mass is 9.95. The van der Waals surface area contributed by atoms with Gasteiger partial charge in [-0.1, -0.05) is 121 Å². The standard InChI is InChI=1S/C36H23ClN2/c37-36-38-34(23-35(39-36)33-16-7-6-15-31(33)24-9-2-1-3-10-24)29-13-8-12-26(22-29)27-19-20-32-28(21-27)18-17-25-11-4-5-14-30(25)32/h1-23H. The molecule has 2 nitrogen and oxygen atoms in total. The SMILES string of the molecule is Clc1nc(-c2cccc(-c3ccc4c(ccc5ccccc54)c3)c2)cc(-c2ccccc2-c2ccccc2)n1. The third-order valence-corrected chi connectivity index (χ3v) is 7.39. The Labute approximate surface area is 232 Å². The summed E-state index contributed by atoms with van der Waals surface area (Å²) in [6.07, 6.45) is 0. The summed E-state index contributed by atoms with van der Waals surface area (Å²) in [4.78, 5) is 9.21. The molecule has 0 unspecified atom stereocenters. The lowest BCUT2D eigenvalue weighted by Crippen LogP contribution is -1.94. The number of nitrogens with zero attached hydrogens (tertiary/aromatic N) is 2. The van der Waals surface area contributed by atoms with E-state index in [-0.39, 0.29) is 5.28 Å². The highest BCUT2D eigenvalue weighted by molar-refractivity contribution is 6.28. The Hall–Kier alpha value is -4.79. The summed E-state index contributed by atoms with van der Waals surface area (Å²) >= 11 is 6.50. The molecule has 0 bridgehead atoms. The van der Waals surface area contributed by atoms with Crippen LogP contribution in [0.2, 0.25) is 5.28 Å². The average Bonchev–Trinajstić information content (AvgIpc) is 3.01. The molecule has 1 aromatic heterocycles. The van der Waals surface area contributed by atoms with Crippen LogP contribution in [0.5, 0.6) is 0 Å². The normalized spacial score (nSPS) is 11.2. The molecule has 0 aliphatic rings. The molecule has 1 heterocycles. The lowest BCUT2D eigenvalue weighted by molar-refractivity contribution is 1.18. The van der Waals surface area contributed by atoms with Crippen LogP contribution in [0.3, 0.4) is 0 Å². The van der Waals surface area contributed by atoms with Crippen molar-refractivity contribution < 1.29 is 0 Å². The van der Waals surface area contributed by atoms with Gasteiger partial charge in [-0.15, -0.1) is 0 Å². The van der Waals surface area contributed by atoms with Crippen molar-refractivity contribution in [2.45, 2.75) is 0 Å². The van der Waals surface area contributed by atoms with E-state index in [9.17, 15) is 0 Å². The van der Waals surface area contributed by atoms with Crippen molar-refractivity contribution in [2.24, 2.45) is 0 Å². The van der Waals surface area contributed by atoms with Gasteiger partial charge in [-0.05, 0) is 73.6 Å². The van der Waals surface area contributed by atoms with Crippen molar-refractivity contribution in [1.82, 2.24) is 9.97 Å². The second-order valence-corrected chi connectivity index (χ2v) is 9.96. The zero-order valence-corrected chi connectivity index (χ0v) is 21.8. The molecule has 0 radical (unpaired) electrons. The van der Waals surface area contributed by atoms with E-state index in [1.807, 2.05) is 36.4 Å². The fourth-order valence-electron chi connectivity index (χ4n) is 5.33. The molecule has 7 aromatic rings. The number of rotatable bonds is 4. The average molecular weight is 519 g/mol. The largest absolute Gasteiger partial charge is 0.223 e. The molecule has 0 atom stereocenters. The molecular weight excluding hydrogens is 496 g/mol. The van der Waals surface area contributed by atoms with Crippen LogP contribution in [0.1, 0.15) is 0 Å². The first kappa shape index (κ1) is 23.3. The molecular formula is C36H23ClN2. The Morgan fingerprint density at radius 2 is 1.03 bits per heavy atom. The number of halogens is 1. The molecule has 0 saturated heterocycles. The van der Waals surface area contributed by atoms with Crippen molar-refractivity contribution in [3.8, 4) is 44.8 Å². The fourth-order valence-corrected chi connectivity index (χ4v) is 5.51. The van der Waals surface area contributed by atoms with Crippen LogP contribution in [-0.4, -0.2) is 9.97 Å². The van der Waals surface area contributed by atoms with Gasteiger partial charge < -0.3 is 0 Å². The third kappa shape index (κ3) is 4.46. The molecule has 0 aliphatic carbocycles. The maximum Gasteiger partial charge on any atom is 0.223 e. The van der Waals surface area contributed by atoms with E-state index < -0.39 is 0 Å². The summed E-state index contributed by atoms with van der Waals surface area (Å²) in [5.41, 5.74) is 8.14. The molecule has 0 spiro atoms. The first-order chi connectivity index (χ1) is 19.2. The summed E-state index contributed by atoms with van der Waals surface area (Å²) < 4.78 is 0. The van der Waals surface area contributed by atoms with Crippen LogP contribution in [0.25, 0.3) is 66.3 Å². The summed E-state index contributed by atoms with van der Waals surface area (Å²) in [6.45, 7) is 0. The van der Waals surface area contributed by atoms with Crippen LogP contribution < -0.4 is 0 Å². The molecule has 184 valence electrons. The minimum atomic E-state index is 0.230. The van der Waals surface area contributed by atoms with Crippen molar-refractivity contribution >= 4 is 33.1 Å². The van der Waals surface area contributed by atoms with Gasteiger partial charge in [0.2, 0.25) is 5.28 Å². The van der Waals surface area contributed by atoms with E-state index in [1.54, 1.807) is 0 Å². The van der Waals surface area contributed by atoms with Gasteiger partial charge in [0.05, 0.1) is 11.4 Å². The molecule has 39 heavy (non-hydrogen) atoms. The van der Waals surface area contributed by atoms with Crippen molar-refractivity contribution in [3.05, 3.63) is 145 Å². The van der Waals surface area contributed by atoms with Gasteiger partial charge in [-0.2, -0.15) is 0 Å². The van der Waals surface area contributed by atoms with Crippen molar-refractivity contribution in [2.75, 3.05) is 0 Å². The van der Waals surface area contributed by atoms with Crippen LogP contribution >= 0.6 is 11.6 Å². The molecule has 3 heteroatoms. The first-order valence-corrected chi connectivity index (χ1v) is 13.3. The van der Waals surface area contributed by atoms with E-state index in [0.717, 1.165) is 44.8 Å². The highest BCUT2D eigenvalue weighted by Crippen LogP contribution is 2.35. The van der Waals surface area contributed by atoms with E-state index >= 15 is 0 Å². The van der Waals surface area contributed by atoms with Gasteiger partial charge in [-0.3, -0.25) is 0 Å². The van der Waals surface area contributed by atoms with Crippen LogP contribution in [0.15, 0.2) is 140 Å². The quantitative estimate of drug-likeness (QED) is 0.171. The van der Waals surface area contributed by atoms with Gasteiger partial charge in [0.1, 0.15) is 0 Å². The number of fused-ring (bicyclic) bond motifs is 3. The van der Waals surface area contributed by atoms with Gasteiger partial charge in [-0.25, -0.2) is 9.97 Å². The third-order valence-electron chi connectivity index (χ3n) is 7.22. The Kier molecular flexibility index (Phi) is 5.88. The van der Waals surface area contributed by atoms with E-state index in [0.29, 0.717) is 0 Å². The van der Waals surface area contributed by atoms with Crippen molar-refractivity contribution in [3.63, 3.8) is 0 Å². The summed E-state index contributed by atoms with van der Waals surface area (Å²) in [5.74, 6) is 0. The van der Waals surface area contributed by atoms with Gasteiger partial charge in [0.25, 0.3) is 0 Å². The fraction of sp³-hybridized carbons (Fsp3) is 0. The lowest BCUT2D eigenvalue weighted by Gasteiger charge is -2.12. The predicted octanol–water partition coefficient (Wildman–Crippen LogP) is 10.1. The van der Waals surface area contributed by atoms with Gasteiger partial charge >= 0.3 is 0 Å². The maximum absolute atomic E-state index is 6.50. The molecule has 0 saturated carbocycles. The highest BCUT2D eigenvalue weighted by Gasteiger charge is 2.13. The number of aromatic nitrogens is 2. The first-order valence-electron chi connectivity index (χ1n) is 12.9. The number of benzene rings is 6. The topological polar surface area (TPSA) is 25.8 Å². The highest BCUT2D eigenvalue weighted by atomic mass is 35.5. The Morgan fingerprint density at radius 3 is 1.92 bits per heavy atom. The minimum absolute atomic E-state index is 0.230. The molecule has 7 rings (SSSR count). The molecule has 6 aromatic carbocycles. The minimum Gasteiger partial charge on any atom is -0.218 e. The summed E-state index contributed by atoms with van der Waals surface area (Å²) in [6, 6.07) is 48.7. The zero-order chi connectivity index (χ0) is 26.2. The monoisotopic (exact) mass is 518 g/mol. The molecule has 0 amide bonds. The van der Waals surface area contributed by atoms with Crippen LogP contribution in [-0.2, 0) is 0 Å². The van der Waals surface area contributed by atoms with E-state index in [4.69, 9.17) is 11.6 Å².